The standard InChI is InChI=1S/C17H26ClN3O.HI/c1-2-19-17(21-15-6-4-3-5-7-15)20-12-16(22)13-8-10-14(18)11-9-13;/h8-11,15-16,22H,2-7,12H2,1H3,(H2,19,20,21);1H. The molecule has 23 heavy (non-hydrogen) atoms. The highest BCUT2D eigenvalue weighted by Crippen LogP contribution is 2.18. The average Bonchev–Trinajstić information content (AvgIpc) is 2.54. The molecule has 1 aliphatic rings. The summed E-state index contributed by atoms with van der Waals surface area (Å²) in [5, 5.41) is 17.6. The SMILES string of the molecule is CCNC(=NCC(O)c1ccc(Cl)cc1)NC1CCCCC1.I. The molecule has 3 N–H and O–H groups in total. The van der Waals surface area contributed by atoms with Crippen molar-refractivity contribution in [1.29, 1.82) is 0 Å². The lowest BCUT2D eigenvalue weighted by Crippen LogP contribution is -2.44. The van der Waals surface area contributed by atoms with Crippen molar-refractivity contribution in [2.75, 3.05) is 13.1 Å². The fourth-order valence-corrected chi connectivity index (χ4v) is 2.85. The van der Waals surface area contributed by atoms with Crippen LogP contribution in [-0.2, 0) is 0 Å². The molecule has 2 rings (SSSR count). The predicted molar refractivity (Wildman–Crippen MR) is 108 cm³/mol. The number of hydrogen-bond acceptors (Lipinski definition) is 2. The minimum Gasteiger partial charge on any atom is -0.386 e. The average molecular weight is 452 g/mol. The van der Waals surface area contributed by atoms with Gasteiger partial charge in [0.25, 0.3) is 0 Å². The van der Waals surface area contributed by atoms with E-state index in [0.29, 0.717) is 17.6 Å². The predicted octanol–water partition coefficient (Wildman–Crippen LogP) is 3.88. The first-order chi connectivity index (χ1) is 10.7. The zero-order valence-electron chi connectivity index (χ0n) is 13.6. The van der Waals surface area contributed by atoms with E-state index in [0.717, 1.165) is 18.1 Å². The molecule has 1 aromatic carbocycles. The molecule has 0 radical (unpaired) electrons. The van der Waals surface area contributed by atoms with Gasteiger partial charge in [-0.3, -0.25) is 4.99 Å². The smallest absolute Gasteiger partial charge is 0.191 e. The molecule has 0 aromatic heterocycles. The van der Waals surface area contributed by atoms with Crippen molar-refractivity contribution in [2.24, 2.45) is 4.99 Å². The molecule has 0 spiro atoms. The van der Waals surface area contributed by atoms with E-state index in [-0.39, 0.29) is 24.0 Å². The molecule has 0 heterocycles. The first-order valence-electron chi connectivity index (χ1n) is 8.17. The lowest BCUT2D eigenvalue weighted by Gasteiger charge is -2.25. The fourth-order valence-electron chi connectivity index (χ4n) is 2.73. The maximum Gasteiger partial charge on any atom is 0.191 e. The number of benzene rings is 1. The van der Waals surface area contributed by atoms with E-state index in [1.807, 2.05) is 19.1 Å². The molecule has 130 valence electrons. The third-order valence-electron chi connectivity index (χ3n) is 3.97. The van der Waals surface area contributed by atoms with E-state index in [4.69, 9.17) is 11.6 Å². The van der Waals surface area contributed by atoms with Gasteiger partial charge in [-0.1, -0.05) is 43.0 Å². The molecule has 1 aliphatic carbocycles. The first-order valence-corrected chi connectivity index (χ1v) is 8.55. The van der Waals surface area contributed by atoms with Gasteiger partial charge in [-0.25, -0.2) is 0 Å². The number of rotatable bonds is 5. The number of nitrogens with zero attached hydrogens (tertiary/aromatic N) is 1. The Morgan fingerprint density at radius 2 is 1.91 bits per heavy atom. The summed E-state index contributed by atoms with van der Waals surface area (Å²) >= 11 is 5.86. The molecule has 0 amide bonds. The Hall–Kier alpha value is -0.530. The minimum atomic E-state index is -0.612. The largest absolute Gasteiger partial charge is 0.386 e. The lowest BCUT2D eigenvalue weighted by atomic mass is 9.96. The summed E-state index contributed by atoms with van der Waals surface area (Å²) in [4.78, 5) is 4.52. The van der Waals surface area contributed by atoms with Gasteiger partial charge in [-0.05, 0) is 37.5 Å². The van der Waals surface area contributed by atoms with Crippen LogP contribution in [0.3, 0.4) is 0 Å². The van der Waals surface area contributed by atoms with Gasteiger partial charge in [0.2, 0.25) is 0 Å². The molecule has 6 heteroatoms. The van der Waals surface area contributed by atoms with Crippen LogP contribution in [0.15, 0.2) is 29.3 Å². The van der Waals surface area contributed by atoms with Crippen LogP contribution in [0.5, 0.6) is 0 Å². The van der Waals surface area contributed by atoms with Crippen LogP contribution in [0.1, 0.15) is 50.7 Å². The van der Waals surface area contributed by atoms with Crippen molar-refractivity contribution >= 4 is 41.5 Å². The Morgan fingerprint density at radius 1 is 1.26 bits per heavy atom. The number of hydrogen-bond donors (Lipinski definition) is 3. The van der Waals surface area contributed by atoms with Crippen molar-refractivity contribution in [3.63, 3.8) is 0 Å². The fraction of sp³-hybridized carbons (Fsp3) is 0.588. The summed E-state index contributed by atoms with van der Waals surface area (Å²) in [7, 11) is 0. The number of aliphatic hydroxyl groups excluding tert-OH is 1. The van der Waals surface area contributed by atoms with Crippen LogP contribution in [0.25, 0.3) is 0 Å². The van der Waals surface area contributed by atoms with E-state index in [9.17, 15) is 5.11 Å². The molecular weight excluding hydrogens is 425 g/mol. The third kappa shape index (κ3) is 7.27. The summed E-state index contributed by atoms with van der Waals surface area (Å²) < 4.78 is 0. The van der Waals surface area contributed by atoms with Crippen LogP contribution in [0.4, 0.5) is 0 Å². The van der Waals surface area contributed by atoms with Crippen LogP contribution in [0.2, 0.25) is 5.02 Å². The quantitative estimate of drug-likeness (QED) is 0.362. The number of aliphatic hydroxyl groups is 1. The van der Waals surface area contributed by atoms with Gasteiger partial charge in [-0.15, -0.1) is 24.0 Å². The zero-order chi connectivity index (χ0) is 15.8. The minimum absolute atomic E-state index is 0. The maximum absolute atomic E-state index is 10.2. The van der Waals surface area contributed by atoms with Crippen LogP contribution in [0, 0.1) is 0 Å². The van der Waals surface area contributed by atoms with Gasteiger partial charge in [0.05, 0.1) is 12.6 Å². The second kappa shape index (κ2) is 11.1. The van der Waals surface area contributed by atoms with Gasteiger partial charge >= 0.3 is 0 Å². The molecule has 1 saturated carbocycles. The molecule has 0 bridgehead atoms. The van der Waals surface area contributed by atoms with E-state index in [1.54, 1.807) is 12.1 Å². The first kappa shape index (κ1) is 20.5. The maximum atomic E-state index is 10.2. The molecule has 1 atom stereocenters. The van der Waals surface area contributed by atoms with Gasteiger partial charge in [-0.2, -0.15) is 0 Å². The Labute approximate surface area is 161 Å². The van der Waals surface area contributed by atoms with E-state index in [1.165, 1.54) is 32.1 Å². The van der Waals surface area contributed by atoms with Gasteiger partial charge in [0, 0.05) is 17.6 Å². The highest BCUT2D eigenvalue weighted by atomic mass is 127. The van der Waals surface area contributed by atoms with Crippen molar-refractivity contribution in [2.45, 2.75) is 51.2 Å². The molecular formula is C17H27ClIN3O. The Balaban J connectivity index is 0.00000264. The topological polar surface area (TPSA) is 56.7 Å². The Morgan fingerprint density at radius 3 is 2.52 bits per heavy atom. The molecule has 1 fully saturated rings. The van der Waals surface area contributed by atoms with E-state index < -0.39 is 6.10 Å². The van der Waals surface area contributed by atoms with Crippen molar-refractivity contribution < 1.29 is 5.11 Å². The van der Waals surface area contributed by atoms with Crippen molar-refractivity contribution in [3.05, 3.63) is 34.9 Å². The summed E-state index contributed by atoms with van der Waals surface area (Å²) in [6.07, 6.45) is 5.68. The Bertz CT molecular complexity index is 475. The number of halogens is 2. The molecule has 1 unspecified atom stereocenters. The third-order valence-corrected chi connectivity index (χ3v) is 4.22. The van der Waals surface area contributed by atoms with Crippen molar-refractivity contribution in [1.82, 2.24) is 10.6 Å². The Kier molecular flexibility index (Phi) is 9.90. The number of guanidine groups is 1. The van der Waals surface area contributed by atoms with Crippen LogP contribution in [-0.4, -0.2) is 30.2 Å². The highest BCUT2D eigenvalue weighted by molar-refractivity contribution is 14.0. The van der Waals surface area contributed by atoms with Crippen LogP contribution < -0.4 is 10.6 Å². The lowest BCUT2D eigenvalue weighted by molar-refractivity contribution is 0.187. The highest BCUT2D eigenvalue weighted by Gasteiger charge is 2.15. The van der Waals surface area contributed by atoms with Crippen LogP contribution >= 0.6 is 35.6 Å². The van der Waals surface area contributed by atoms with Crippen molar-refractivity contribution in [3.8, 4) is 0 Å². The van der Waals surface area contributed by atoms with Gasteiger partial charge in [0.1, 0.15) is 0 Å². The van der Waals surface area contributed by atoms with E-state index >= 15 is 0 Å². The van der Waals surface area contributed by atoms with Gasteiger partial charge in [0.15, 0.2) is 5.96 Å². The summed E-state index contributed by atoms with van der Waals surface area (Å²) in [5.74, 6) is 0.794. The molecule has 4 nitrogen and oxygen atoms in total. The normalized spacial score (nSPS) is 17.3. The summed E-state index contributed by atoms with van der Waals surface area (Å²) in [6, 6.07) is 7.75. The van der Waals surface area contributed by atoms with E-state index in [2.05, 4.69) is 15.6 Å². The van der Waals surface area contributed by atoms with Gasteiger partial charge < -0.3 is 15.7 Å². The summed E-state index contributed by atoms with van der Waals surface area (Å²) in [6.45, 7) is 3.20. The zero-order valence-corrected chi connectivity index (χ0v) is 16.7. The number of nitrogens with one attached hydrogen (secondary N) is 2. The molecule has 0 aliphatic heterocycles. The molecule has 1 aromatic rings. The monoisotopic (exact) mass is 451 g/mol. The number of aliphatic imine (C=N–C) groups is 1. The summed E-state index contributed by atoms with van der Waals surface area (Å²) in [5.41, 5.74) is 0.835. The second-order valence-corrected chi connectivity index (χ2v) is 6.20. The second-order valence-electron chi connectivity index (χ2n) is 5.77. The molecule has 0 saturated heterocycles.